The highest BCUT2D eigenvalue weighted by Gasteiger charge is 2.39. The Balaban J connectivity index is 1.82. The third kappa shape index (κ3) is 2.61. The van der Waals surface area contributed by atoms with Gasteiger partial charge in [-0.3, -0.25) is 4.79 Å². The predicted octanol–water partition coefficient (Wildman–Crippen LogP) is 1.49. The van der Waals surface area contributed by atoms with E-state index in [4.69, 9.17) is 0 Å². The van der Waals surface area contributed by atoms with E-state index < -0.39 is 35.5 Å². The van der Waals surface area contributed by atoms with Crippen LogP contribution in [-0.4, -0.2) is 50.6 Å². The molecule has 0 radical (unpaired) electrons. The fourth-order valence-corrected chi connectivity index (χ4v) is 4.21. The summed E-state index contributed by atoms with van der Waals surface area (Å²) in [6.45, 7) is -0.310. The Labute approximate surface area is 127 Å². The van der Waals surface area contributed by atoms with Crippen LogP contribution >= 0.6 is 0 Å². The van der Waals surface area contributed by atoms with E-state index in [1.54, 1.807) is 17.0 Å². The van der Waals surface area contributed by atoms with Gasteiger partial charge in [-0.05, 0) is 30.7 Å². The van der Waals surface area contributed by atoms with Crippen molar-refractivity contribution in [2.45, 2.75) is 30.1 Å². The van der Waals surface area contributed by atoms with Gasteiger partial charge < -0.3 is 4.90 Å². The standard InChI is InChI=1S/C14H16F2N2O3S/c15-12-8-17(9-13(12)16)22(20,21)11-5-3-10(4-6-11)18-7-1-2-14(18)19/h3-6,12-13H,1-2,7-9H2/t12-,13+. The summed E-state index contributed by atoms with van der Waals surface area (Å²) in [6.07, 6.45) is -2.29. The summed E-state index contributed by atoms with van der Waals surface area (Å²) in [6, 6.07) is 5.84. The lowest BCUT2D eigenvalue weighted by Crippen LogP contribution is -2.29. The maximum atomic E-state index is 13.2. The van der Waals surface area contributed by atoms with Crippen LogP contribution in [0.3, 0.4) is 0 Å². The first-order valence-electron chi connectivity index (χ1n) is 7.08. The molecule has 2 heterocycles. The Hall–Kier alpha value is -1.54. The largest absolute Gasteiger partial charge is 0.312 e. The number of carbonyl (C=O) groups is 1. The highest BCUT2D eigenvalue weighted by Crippen LogP contribution is 2.27. The molecule has 1 amide bonds. The van der Waals surface area contributed by atoms with E-state index in [1.807, 2.05) is 0 Å². The van der Waals surface area contributed by atoms with Gasteiger partial charge in [0.25, 0.3) is 0 Å². The second-order valence-electron chi connectivity index (χ2n) is 5.50. The van der Waals surface area contributed by atoms with Crippen LogP contribution in [0.25, 0.3) is 0 Å². The smallest absolute Gasteiger partial charge is 0.243 e. The highest BCUT2D eigenvalue weighted by molar-refractivity contribution is 7.89. The van der Waals surface area contributed by atoms with Crippen LogP contribution in [0.15, 0.2) is 29.2 Å². The lowest BCUT2D eigenvalue weighted by Gasteiger charge is -2.18. The van der Waals surface area contributed by atoms with E-state index in [2.05, 4.69) is 0 Å². The number of halogens is 2. The molecule has 8 heteroatoms. The number of carbonyl (C=O) groups excluding carboxylic acids is 1. The van der Waals surface area contributed by atoms with E-state index in [0.717, 1.165) is 10.7 Å². The van der Waals surface area contributed by atoms with Crippen LogP contribution in [0.2, 0.25) is 0 Å². The Morgan fingerprint density at radius 1 is 1.05 bits per heavy atom. The van der Waals surface area contributed by atoms with Gasteiger partial charge >= 0.3 is 0 Å². The quantitative estimate of drug-likeness (QED) is 0.844. The summed E-state index contributed by atoms with van der Waals surface area (Å²) in [5.74, 6) is 0.00990. The normalized spacial score (nSPS) is 26.8. The second kappa shape index (κ2) is 5.58. The molecule has 5 nitrogen and oxygen atoms in total. The van der Waals surface area contributed by atoms with Crippen molar-refractivity contribution in [3.05, 3.63) is 24.3 Å². The zero-order valence-corrected chi connectivity index (χ0v) is 12.6. The Morgan fingerprint density at radius 3 is 2.14 bits per heavy atom. The lowest BCUT2D eigenvalue weighted by atomic mass is 10.3. The number of hydrogen-bond donors (Lipinski definition) is 0. The van der Waals surface area contributed by atoms with E-state index in [1.165, 1.54) is 12.1 Å². The number of alkyl halides is 2. The highest BCUT2D eigenvalue weighted by atomic mass is 32.2. The van der Waals surface area contributed by atoms with Gasteiger partial charge in [0.2, 0.25) is 15.9 Å². The number of rotatable bonds is 3. The van der Waals surface area contributed by atoms with Crippen LogP contribution in [-0.2, 0) is 14.8 Å². The molecule has 2 aliphatic heterocycles. The maximum absolute atomic E-state index is 13.2. The number of amides is 1. The van der Waals surface area contributed by atoms with Crippen LogP contribution < -0.4 is 4.90 Å². The topological polar surface area (TPSA) is 57.7 Å². The van der Waals surface area contributed by atoms with Gasteiger partial charge in [-0.25, -0.2) is 17.2 Å². The average Bonchev–Trinajstić information content (AvgIpc) is 3.06. The molecule has 0 saturated carbocycles. The third-order valence-corrected chi connectivity index (χ3v) is 5.85. The van der Waals surface area contributed by atoms with Crippen LogP contribution in [0.4, 0.5) is 14.5 Å². The van der Waals surface area contributed by atoms with Gasteiger partial charge in [0.1, 0.15) is 12.3 Å². The number of hydrogen-bond acceptors (Lipinski definition) is 3. The zero-order chi connectivity index (χ0) is 15.9. The van der Waals surface area contributed by atoms with Gasteiger partial charge in [-0.15, -0.1) is 0 Å². The SMILES string of the molecule is O=C1CCCN1c1ccc(S(=O)(=O)N2C[C@@H](F)[C@@H](F)C2)cc1. The molecule has 2 aliphatic rings. The van der Waals surface area contributed by atoms with Gasteiger partial charge in [0, 0.05) is 31.7 Å². The molecule has 0 bridgehead atoms. The lowest BCUT2D eigenvalue weighted by molar-refractivity contribution is -0.117. The molecular weight excluding hydrogens is 314 g/mol. The van der Waals surface area contributed by atoms with Crippen molar-refractivity contribution >= 4 is 21.6 Å². The van der Waals surface area contributed by atoms with Crippen LogP contribution in [0, 0.1) is 0 Å². The van der Waals surface area contributed by atoms with Crippen molar-refractivity contribution in [1.29, 1.82) is 0 Å². The molecule has 0 aliphatic carbocycles. The molecular formula is C14H16F2N2O3S. The van der Waals surface area contributed by atoms with E-state index >= 15 is 0 Å². The van der Waals surface area contributed by atoms with E-state index in [9.17, 15) is 22.0 Å². The van der Waals surface area contributed by atoms with Crippen LogP contribution in [0.5, 0.6) is 0 Å². The van der Waals surface area contributed by atoms with Gasteiger partial charge in [-0.2, -0.15) is 4.31 Å². The summed E-state index contributed by atoms with van der Waals surface area (Å²) in [5.41, 5.74) is 0.634. The summed E-state index contributed by atoms with van der Waals surface area (Å²) < 4.78 is 51.9. The zero-order valence-electron chi connectivity index (χ0n) is 11.8. The fraction of sp³-hybridized carbons (Fsp3) is 0.500. The molecule has 1 aromatic carbocycles. The summed E-state index contributed by atoms with van der Waals surface area (Å²) >= 11 is 0. The number of anilines is 1. The predicted molar refractivity (Wildman–Crippen MR) is 76.6 cm³/mol. The van der Waals surface area contributed by atoms with E-state index in [-0.39, 0.29) is 10.8 Å². The fourth-order valence-electron chi connectivity index (χ4n) is 2.76. The van der Waals surface area contributed by atoms with Crippen molar-refractivity contribution < 1.29 is 22.0 Å². The summed E-state index contributed by atoms with van der Waals surface area (Å²) in [7, 11) is -3.91. The second-order valence-corrected chi connectivity index (χ2v) is 7.43. The Bertz CT molecular complexity index is 668. The summed E-state index contributed by atoms with van der Waals surface area (Å²) in [4.78, 5) is 13.2. The molecule has 1 aromatic rings. The molecule has 0 spiro atoms. The molecule has 2 saturated heterocycles. The molecule has 2 fully saturated rings. The van der Waals surface area contributed by atoms with Crippen molar-refractivity contribution in [3.63, 3.8) is 0 Å². The van der Waals surface area contributed by atoms with Crippen molar-refractivity contribution in [2.75, 3.05) is 24.5 Å². The van der Waals surface area contributed by atoms with Crippen LogP contribution in [0.1, 0.15) is 12.8 Å². The minimum atomic E-state index is -3.91. The Kier molecular flexibility index (Phi) is 3.90. The molecule has 120 valence electrons. The van der Waals surface area contributed by atoms with E-state index in [0.29, 0.717) is 18.7 Å². The van der Waals surface area contributed by atoms with Crippen molar-refractivity contribution in [2.24, 2.45) is 0 Å². The molecule has 3 rings (SSSR count). The summed E-state index contributed by atoms with van der Waals surface area (Å²) in [5, 5.41) is 0. The van der Waals surface area contributed by atoms with Crippen molar-refractivity contribution in [1.82, 2.24) is 4.31 Å². The molecule has 2 atom stereocenters. The number of sulfonamides is 1. The van der Waals surface area contributed by atoms with Crippen molar-refractivity contribution in [3.8, 4) is 0 Å². The number of benzene rings is 1. The molecule has 0 N–H and O–H groups in total. The Morgan fingerprint density at radius 2 is 1.64 bits per heavy atom. The first kappa shape index (κ1) is 15.4. The minimum absolute atomic E-state index is 0.00990. The molecule has 0 aromatic heterocycles. The third-order valence-electron chi connectivity index (χ3n) is 4.01. The van der Waals surface area contributed by atoms with Gasteiger partial charge in [-0.1, -0.05) is 0 Å². The average molecular weight is 330 g/mol. The monoisotopic (exact) mass is 330 g/mol. The number of nitrogens with zero attached hydrogens (tertiary/aromatic N) is 2. The molecule has 0 unspecified atom stereocenters. The van der Waals surface area contributed by atoms with Gasteiger partial charge in [0.05, 0.1) is 4.90 Å². The first-order valence-corrected chi connectivity index (χ1v) is 8.52. The minimum Gasteiger partial charge on any atom is -0.312 e. The maximum Gasteiger partial charge on any atom is 0.243 e. The molecule has 22 heavy (non-hydrogen) atoms. The van der Waals surface area contributed by atoms with Gasteiger partial charge in [0.15, 0.2) is 0 Å². The first-order chi connectivity index (χ1) is 10.4.